The van der Waals surface area contributed by atoms with E-state index in [4.69, 9.17) is 0 Å². The Labute approximate surface area is 124 Å². The van der Waals surface area contributed by atoms with Crippen LogP contribution in [0, 0.1) is 17.8 Å². The largest absolute Gasteiger partial charge is 0.323 e. The monoisotopic (exact) mass is 280 g/mol. The van der Waals surface area contributed by atoms with Crippen molar-refractivity contribution in [2.75, 3.05) is 0 Å². The lowest BCUT2D eigenvalue weighted by atomic mass is 9.98. The summed E-state index contributed by atoms with van der Waals surface area (Å²) < 4.78 is 0. The van der Waals surface area contributed by atoms with Crippen LogP contribution in [0.2, 0.25) is 0 Å². The molecule has 1 saturated carbocycles. The van der Waals surface area contributed by atoms with E-state index in [0.29, 0.717) is 29.7 Å². The molecule has 1 amide bonds. The fourth-order valence-corrected chi connectivity index (χ4v) is 3.88. The first-order valence-corrected chi connectivity index (χ1v) is 8.53. The van der Waals surface area contributed by atoms with E-state index in [1.165, 1.54) is 19.3 Å². The molecule has 1 N–H and O–H groups in total. The van der Waals surface area contributed by atoms with Crippen LogP contribution in [0.15, 0.2) is 0 Å². The van der Waals surface area contributed by atoms with E-state index >= 15 is 0 Å². The van der Waals surface area contributed by atoms with Crippen molar-refractivity contribution in [2.45, 2.75) is 85.0 Å². The molecule has 3 heteroatoms. The zero-order chi connectivity index (χ0) is 14.9. The number of hydrogen-bond acceptors (Lipinski definition) is 2. The molecule has 2 aliphatic rings. The first kappa shape index (κ1) is 15.8. The molecule has 0 radical (unpaired) electrons. The van der Waals surface area contributed by atoms with Crippen LogP contribution in [0.3, 0.4) is 0 Å². The lowest BCUT2D eigenvalue weighted by Crippen LogP contribution is -2.46. The van der Waals surface area contributed by atoms with Gasteiger partial charge in [0.2, 0.25) is 5.91 Å². The maximum atomic E-state index is 12.9. The van der Waals surface area contributed by atoms with Crippen LogP contribution < -0.4 is 5.32 Å². The summed E-state index contributed by atoms with van der Waals surface area (Å²) in [7, 11) is 0. The summed E-state index contributed by atoms with van der Waals surface area (Å²) >= 11 is 0. The van der Waals surface area contributed by atoms with Crippen molar-refractivity contribution in [2.24, 2.45) is 17.8 Å². The standard InChI is InChI=1S/C17H32N2O/c1-6-12(4)16-17(20)19(14-9-7-8-13(14)5)15(18-16)10-11(2)3/h11-16,18H,6-10H2,1-5H3. The molecular formula is C17H32N2O. The van der Waals surface area contributed by atoms with Gasteiger partial charge in [-0.2, -0.15) is 0 Å². The summed E-state index contributed by atoms with van der Waals surface area (Å²) in [6, 6.07) is 0.504. The van der Waals surface area contributed by atoms with Crippen molar-refractivity contribution in [3.63, 3.8) is 0 Å². The third kappa shape index (κ3) is 3.03. The van der Waals surface area contributed by atoms with Gasteiger partial charge in [-0.15, -0.1) is 0 Å². The molecule has 2 rings (SSSR count). The highest BCUT2D eigenvalue weighted by Gasteiger charge is 2.46. The Balaban J connectivity index is 2.17. The van der Waals surface area contributed by atoms with Gasteiger partial charge in [-0.05, 0) is 37.0 Å². The number of carbonyl (C=O) groups is 1. The second kappa shape index (κ2) is 6.46. The van der Waals surface area contributed by atoms with E-state index in [2.05, 4.69) is 44.8 Å². The molecule has 0 aromatic rings. The van der Waals surface area contributed by atoms with Crippen LogP contribution in [-0.4, -0.2) is 29.1 Å². The van der Waals surface area contributed by atoms with E-state index in [0.717, 1.165) is 12.8 Å². The highest BCUT2D eigenvalue weighted by atomic mass is 16.2. The third-order valence-corrected chi connectivity index (χ3v) is 5.31. The van der Waals surface area contributed by atoms with E-state index in [9.17, 15) is 4.79 Å². The van der Waals surface area contributed by atoms with Gasteiger partial charge >= 0.3 is 0 Å². The molecule has 0 spiro atoms. The van der Waals surface area contributed by atoms with Crippen molar-refractivity contribution in [3.8, 4) is 0 Å². The van der Waals surface area contributed by atoms with Gasteiger partial charge in [-0.25, -0.2) is 0 Å². The van der Waals surface area contributed by atoms with Gasteiger partial charge in [0, 0.05) is 6.04 Å². The fraction of sp³-hybridized carbons (Fsp3) is 0.941. The molecule has 3 nitrogen and oxygen atoms in total. The van der Waals surface area contributed by atoms with Crippen LogP contribution in [-0.2, 0) is 4.79 Å². The minimum atomic E-state index is 0.0385. The molecule has 5 unspecified atom stereocenters. The second-order valence-corrected chi connectivity index (χ2v) is 7.40. The number of nitrogens with one attached hydrogen (secondary N) is 1. The number of amides is 1. The molecule has 1 heterocycles. The Morgan fingerprint density at radius 3 is 2.50 bits per heavy atom. The number of nitrogens with zero attached hydrogens (tertiary/aromatic N) is 1. The van der Waals surface area contributed by atoms with Gasteiger partial charge < -0.3 is 4.90 Å². The minimum Gasteiger partial charge on any atom is -0.323 e. The van der Waals surface area contributed by atoms with E-state index in [1.807, 2.05) is 0 Å². The normalized spacial score (nSPS) is 36.1. The Morgan fingerprint density at radius 2 is 2.00 bits per heavy atom. The molecule has 1 aliphatic heterocycles. The average Bonchev–Trinajstić information content (AvgIpc) is 2.92. The summed E-state index contributed by atoms with van der Waals surface area (Å²) in [5.74, 6) is 2.07. The molecule has 5 atom stereocenters. The maximum Gasteiger partial charge on any atom is 0.241 e. The molecule has 1 aliphatic carbocycles. The lowest BCUT2D eigenvalue weighted by Gasteiger charge is -2.33. The summed E-state index contributed by atoms with van der Waals surface area (Å²) in [5, 5.41) is 3.65. The van der Waals surface area contributed by atoms with E-state index in [-0.39, 0.29) is 12.2 Å². The third-order valence-electron chi connectivity index (χ3n) is 5.31. The van der Waals surface area contributed by atoms with Crippen LogP contribution >= 0.6 is 0 Å². The molecule has 1 saturated heterocycles. The van der Waals surface area contributed by atoms with Crippen LogP contribution in [0.25, 0.3) is 0 Å². The summed E-state index contributed by atoms with van der Waals surface area (Å²) in [4.78, 5) is 15.1. The van der Waals surface area contributed by atoms with Crippen molar-refractivity contribution < 1.29 is 4.79 Å². The summed E-state index contributed by atoms with van der Waals surface area (Å²) in [5.41, 5.74) is 0. The first-order chi connectivity index (χ1) is 9.45. The maximum absolute atomic E-state index is 12.9. The number of rotatable bonds is 5. The molecule has 0 bridgehead atoms. The average molecular weight is 280 g/mol. The minimum absolute atomic E-state index is 0.0385. The SMILES string of the molecule is CCC(C)C1NC(CC(C)C)N(C2CCCC2C)C1=O. The van der Waals surface area contributed by atoms with Gasteiger partial charge in [0.25, 0.3) is 0 Å². The topological polar surface area (TPSA) is 32.3 Å². The Bertz CT molecular complexity index is 342. The summed E-state index contributed by atoms with van der Waals surface area (Å²) in [6.07, 6.45) is 6.13. The predicted molar refractivity (Wildman–Crippen MR) is 83.3 cm³/mol. The van der Waals surface area contributed by atoms with Gasteiger partial charge in [-0.1, -0.05) is 47.5 Å². The van der Waals surface area contributed by atoms with Crippen LogP contribution in [0.4, 0.5) is 0 Å². The highest BCUT2D eigenvalue weighted by molar-refractivity contribution is 5.85. The van der Waals surface area contributed by atoms with Crippen molar-refractivity contribution in [1.82, 2.24) is 10.2 Å². The van der Waals surface area contributed by atoms with Crippen LogP contribution in [0.1, 0.15) is 66.7 Å². The van der Waals surface area contributed by atoms with Crippen molar-refractivity contribution in [1.29, 1.82) is 0 Å². The summed E-state index contributed by atoms with van der Waals surface area (Å²) in [6.45, 7) is 11.2. The van der Waals surface area contributed by atoms with E-state index < -0.39 is 0 Å². The number of carbonyl (C=O) groups excluding carboxylic acids is 1. The van der Waals surface area contributed by atoms with Gasteiger partial charge in [0.15, 0.2) is 0 Å². The van der Waals surface area contributed by atoms with Crippen LogP contribution in [0.5, 0.6) is 0 Å². The van der Waals surface area contributed by atoms with E-state index in [1.54, 1.807) is 0 Å². The van der Waals surface area contributed by atoms with Gasteiger partial charge in [0.1, 0.15) is 0 Å². The number of hydrogen-bond donors (Lipinski definition) is 1. The Morgan fingerprint density at radius 1 is 1.30 bits per heavy atom. The van der Waals surface area contributed by atoms with Gasteiger partial charge in [-0.3, -0.25) is 10.1 Å². The zero-order valence-electron chi connectivity index (χ0n) is 13.9. The predicted octanol–water partition coefficient (Wildman–Crippen LogP) is 3.39. The molecule has 20 heavy (non-hydrogen) atoms. The Hall–Kier alpha value is -0.570. The second-order valence-electron chi connectivity index (χ2n) is 7.40. The molecule has 2 fully saturated rings. The molecule has 0 aromatic carbocycles. The Kier molecular flexibility index (Phi) is 5.11. The first-order valence-electron chi connectivity index (χ1n) is 8.53. The highest BCUT2D eigenvalue weighted by Crippen LogP contribution is 2.35. The van der Waals surface area contributed by atoms with Crippen molar-refractivity contribution >= 4 is 5.91 Å². The smallest absolute Gasteiger partial charge is 0.241 e. The quantitative estimate of drug-likeness (QED) is 0.837. The molecular weight excluding hydrogens is 248 g/mol. The zero-order valence-corrected chi connectivity index (χ0v) is 13.9. The fourth-order valence-electron chi connectivity index (χ4n) is 3.88. The van der Waals surface area contributed by atoms with Crippen molar-refractivity contribution in [3.05, 3.63) is 0 Å². The molecule has 0 aromatic heterocycles. The lowest BCUT2D eigenvalue weighted by molar-refractivity contribution is -0.134. The molecule has 116 valence electrons. The van der Waals surface area contributed by atoms with Gasteiger partial charge in [0.05, 0.1) is 12.2 Å².